The fraction of sp³-hybridized carbons (Fsp3) is 1.00. The fourth-order valence-corrected chi connectivity index (χ4v) is 0.390. The van der Waals surface area contributed by atoms with Gasteiger partial charge in [-0.15, -0.1) is 23.2 Å². The van der Waals surface area contributed by atoms with Crippen LogP contribution in [0.5, 0.6) is 0 Å². The summed E-state index contributed by atoms with van der Waals surface area (Å²) in [7, 11) is 0. The molecule has 0 spiro atoms. The van der Waals surface area contributed by atoms with Crippen LogP contribution in [-0.4, -0.2) is 16.9 Å². The third-order valence-electron chi connectivity index (χ3n) is 0.844. The Balaban J connectivity index is 3.66. The van der Waals surface area contributed by atoms with Crippen molar-refractivity contribution in [2.24, 2.45) is 10.2 Å². The molecule has 0 saturated heterocycles. The van der Waals surface area contributed by atoms with Crippen LogP contribution in [0, 0.1) is 0 Å². The van der Waals surface area contributed by atoms with Crippen molar-refractivity contribution >= 4 is 23.2 Å². The van der Waals surface area contributed by atoms with Crippen LogP contribution < -0.4 is 0 Å². The van der Waals surface area contributed by atoms with Crippen molar-refractivity contribution in [2.45, 2.75) is 37.7 Å². The molecular formula is C6H12Cl2N2. The summed E-state index contributed by atoms with van der Waals surface area (Å²) in [5.41, 5.74) is 0. The van der Waals surface area contributed by atoms with Crippen molar-refractivity contribution in [3.05, 3.63) is 0 Å². The van der Waals surface area contributed by atoms with Crippen molar-refractivity contribution in [2.75, 3.05) is 0 Å². The smallest absolute Gasteiger partial charge is 0.131 e. The molecule has 0 rings (SSSR count). The lowest BCUT2D eigenvalue weighted by Gasteiger charge is -2.04. The highest BCUT2D eigenvalue weighted by atomic mass is 35.5. The summed E-state index contributed by atoms with van der Waals surface area (Å²) in [4.78, 5) is -0.456. The molecule has 0 saturated carbocycles. The quantitative estimate of drug-likeness (QED) is 0.474. The minimum absolute atomic E-state index is 0.106. The number of hydrogen-bond acceptors (Lipinski definition) is 2. The number of halogens is 2. The van der Waals surface area contributed by atoms with Gasteiger partial charge in [0.25, 0.3) is 0 Å². The zero-order chi connectivity index (χ0) is 8.15. The first-order valence-electron chi connectivity index (χ1n) is 3.22. The van der Waals surface area contributed by atoms with Crippen molar-refractivity contribution in [1.82, 2.24) is 0 Å². The number of rotatable bonds is 3. The van der Waals surface area contributed by atoms with Gasteiger partial charge in [-0.25, -0.2) is 0 Å². The number of hydrogen-bond donors (Lipinski definition) is 0. The maximum absolute atomic E-state index is 5.52. The van der Waals surface area contributed by atoms with E-state index in [-0.39, 0.29) is 12.1 Å². The molecule has 0 bridgehead atoms. The predicted molar refractivity (Wildman–Crippen MR) is 44.9 cm³/mol. The Hall–Kier alpha value is 0.180. The van der Waals surface area contributed by atoms with E-state index in [4.69, 9.17) is 23.2 Å². The SMILES string of the molecule is CC(C)N=NC(C)C(Cl)Cl. The Morgan fingerprint density at radius 1 is 1.00 bits per heavy atom. The molecule has 0 aromatic rings. The van der Waals surface area contributed by atoms with E-state index in [1.165, 1.54) is 0 Å². The topological polar surface area (TPSA) is 24.7 Å². The summed E-state index contributed by atoms with van der Waals surface area (Å²) in [5.74, 6) is 0. The first-order valence-corrected chi connectivity index (χ1v) is 4.09. The second-order valence-electron chi connectivity index (χ2n) is 2.40. The molecule has 0 amide bonds. The molecular weight excluding hydrogens is 171 g/mol. The highest BCUT2D eigenvalue weighted by molar-refractivity contribution is 6.44. The zero-order valence-electron chi connectivity index (χ0n) is 6.38. The van der Waals surface area contributed by atoms with Crippen LogP contribution in [0.2, 0.25) is 0 Å². The monoisotopic (exact) mass is 182 g/mol. The molecule has 1 atom stereocenters. The molecule has 1 unspecified atom stereocenters. The van der Waals surface area contributed by atoms with Gasteiger partial charge >= 0.3 is 0 Å². The summed E-state index contributed by atoms with van der Waals surface area (Å²) in [6, 6.07) is 0.111. The highest BCUT2D eigenvalue weighted by Gasteiger charge is 2.08. The Kier molecular flexibility index (Phi) is 5.00. The molecule has 0 aromatic heterocycles. The van der Waals surface area contributed by atoms with E-state index < -0.39 is 4.84 Å². The molecule has 0 heterocycles. The summed E-state index contributed by atoms with van der Waals surface area (Å²) < 4.78 is 0. The van der Waals surface area contributed by atoms with Crippen molar-refractivity contribution in [1.29, 1.82) is 0 Å². The van der Waals surface area contributed by atoms with E-state index in [0.717, 1.165) is 0 Å². The number of azo groups is 1. The van der Waals surface area contributed by atoms with Gasteiger partial charge < -0.3 is 0 Å². The van der Waals surface area contributed by atoms with Gasteiger partial charge in [0.1, 0.15) is 4.84 Å². The lowest BCUT2D eigenvalue weighted by atomic mass is 10.4. The van der Waals surface area contributed by atoms with Gasteiger partial charge in [0.2, 0.25) is 0 Å². The lowest BCUT2D eigenvalue weighted by molar-refractivity contribution is 0.668. The molecule has 0 N–H and O–H groups in total. The molecule has 2 nitrogen and oxygen atoms in total. The fourth-order valence-electron chi connectivity index (χ4n) is 0.289. The molecule has 4 heteroatoms. The first kappa shape index (κ1) is 10.2. The molecule has 0 aliphatic heterocycles. The van der Waals surface area contributed by atoms with E-state index in [1.807, 2.05) is 20.8 Å². The highest BCUT2D eigenvalue weighted by Crippen LogP contribution is 2.11. The first-order chi connectivity index (χ1) is 4.54. The maximum Gasteiger partial charge on any atom is 0.131 e. The summed E-state index contributed by atoms with van der Waals surface area (Å²) in [5, 5.41) is 7.79. The number of alkyl halides is 2. The van der Waals surface area contributed by atoms with E-state index in [1.54, 1.807) is 0 Å². The second-order valence-corrected chi connectivity index (χ2v) is 3.56. The minimum atomic E-state index is -0.456. The molecule has 0 radical (unpaired) electrons. The summed E-state index contributed by atoms with van der Waals surface area (Å²) in [6.45, 7) is 5.73. The predicted octanol–water partition coefficient (Wildman–Crippen LogP) is 3.04. The van der Waals surface area contributed by atoms with Gasteiger partial charge in [-0.1, -0.05) is 0 Å². The standard InChI is InChI=1S/C6H12Cl2N2/c1-4(2)9-10-5(3)6(7)8/h4-6H,1-3H3. The molecule has 0 aromatic carbocycles. The van der Waals surface area contributed by atoms with Crippen LogP contribution in [0.3, 0.4) is 0 Å². The summed E-state index contributed by atoms with van der Waals surface area (Å²) >= 11 is 11.0. The Morgan fingerprint density at radius 2 is 1.50 bits per heavy atom. The van der Waals surface area contributed by atoms with Gasteiger partial charge in [0.15, 0.2) is 0 Å². The van der Waals surface area contributed by atoms with E-state index >= 15 is 0 Å². The average Bonchev–Trinajstić information content (AvgIpc) is 1.82. The van der Waals surface area contributed by atoms with Gasteiger partial charge in [-0.3, -0.25) is 0 Å². The molecule has 60 valence electrons. The van der Waals surface area contributed by atoms with Gasteiger partial charge in [-0.2, -0.15) is 10.2 Å². The maximum atomic E-state index is 5.52. The van der Waals surface area contributed by atoms with Crippen LogP contribution in [-0.2, 0) is 0 Å². The van der Waals surface area contributed by atoms with Crippen molar-refractivity contribution in [3.8, 4) is 0 Å². The molecule has 0 aliphatic carbocycles. The zero-order valence-corrected chi connectivity index (χ0v) is 7.89. The van der Waals surface area contributed by atoms with Gasteiger partial charge in [0.05, 0.1) is 12.1 Å². The normalized spacial score (nSPS) is 15.5. The van der Waals surface area contributed by atoms with Crippen molar-refractivity contribution in [3.63, 3.8) is 0 Å². The third-order valence-corrected chi connectivity index (χ3v) is 1.57. The third kappa shape index (κ3) is 5.00. The molecule has 10 heavy (non-hydrogen) atoms. The van der Waals surface area contributed by atoms with Crippen LogP contribution in [0.4, 0.5) is 0 Å². The van der Waals surface area contributed by atoms with Gasteiger partial charge in [0, 0.05) is 0 Å². The van der Waals surface area contributed by atoms with Crippen LogP contribution in [0.15, 0.2) is 10.2 Å². The Morgan fingerprint density at radius 3 is 1.80 bits per heavy atom. The summed E-state index contributed by atoms with van der Waals surface area (Å²) in [6.07, 6.45) is 0. The van der Waals surface area contributed by atoms with E-state index in [0.29, 0.717) is 0 Å². The van der Waals surface area contributed by atoms with Crippen LogP contribution in [0.25, 0.3) is 0 Å². The number of nitrogens with zero attached hydrogens (tertiary/aromatic N) is 2. The molecule has 0 fully saturated rings. The Bertz CT molecular complexity index is 112. The van der Waals surface area contributed by atoms with Gasteiger partial charge in [-0.05, 0) is 20.8 Å². The van der Waals surface area contributed by atoms with Crippen LogP contribution in [0.1, 0.15) is 20.8 Å². The largest absolute Gasteiger partial charge is 0.191 e. The Labute approximate surface area is 71.6 Å². The van der Waals surface area contributed by atoms with Crippen LogP contribution >= 0.6 is 23.2 Å². The molecule has 0 aliphatic rings. The average molecular weight is 183 g/mol. The lowest BCUT2D eigenvalue weighted by Crippen LogP contribution is -2.07. The van der Waals surface area contributed by atoms with E-state index in [9.17, 15) is 0 Å². The minimum Gasteiger partial charge on any atom is -0.191 e. The second kappa shape index (κ2) is 4.91. The van der Waals surface area contributed by atoms with E-state index in [2.05, 4.69) is 10.2 Å². The van der Waals surface area contributed by atoms with Crippen molar-refractivity contribution < 1.29 is 0 Å².